The van der Waals surface area contributed by atoms with Gasteiger partial charge in [0.05, 0.1) is 6.10 Å². The molecule has 1 heterocycles. The Bertz CT molecular complexity index is 1150. The Hall–Kier alpha value is -2.53. The first-order valence-corrected chi connectivity index (χ1v) is 16.2. The van der Waals surface area contributed by atoms with Gasteiger partial charge in [-0.05, 0) is 80.5 Å². The topological polar surface area (TPSA) is 141 Å². The van der Waals surface area contributed by atoms with Crippen LogP contribution in [0.1, 0.15) is 99.3 Å². The highest BCUT2D eigenvalue weighted by Gasteiger charge is 2.61. The lowest BCUT2D eigenvalue weighted by Gasteiger charge is -2.60. The fourth-order valence-corrected chi connectivity index (χ4v) is 9.60. The summed E-state index contributed by atoms with van der Waals surface area (Å²) in [5, 5.41) is 0. The molecule has 0 radical (unpaired) electrons. The van der Waals surface area contributed by atoms with E-state index >= 15 is 0 Å². The Balaban J connectivity index is 1.34. The summed E-state index contributed by atoms with van der Waals surface area (Å²) in [6, 6.07) is 0. The number of ether oxygens (including phenoxy) is 6. The van der Waals surface area contributed by atoms with Crippen LogP contribution in [0.4, 0.5) is 0 Å². The summed E-state index contributed by atoms with van der Waals surface area (Å²) in [7, 11) is 0. The third-order valence-corrected chi connectivity index (χ3v) is 11.6. The zero-order chi connectivity index (χ0) is 32.0. The van der Waals surface area contributed by atoms with E-state index in [1.807, 2.05) is 0 Å². The molecule has 1 aliphatic heterocycles. The average Bonchev–Trinajstić information content (AvgIpc) is 3.24. The molecule has 5 aliphatic rings. The first kappa shape index (κ1) is 32.9. The minimum Gasteiger partial charge on any atom is -0.463 e. The Morgan fingerprint density at radius 2 is 1.43 bits per heavy atom. The van der Waals surface area contributed by atoms with E-state index in [1.54, 1.807) is 0 Å². The van der Waals surface area contributed by atoms with Crippen molar-refractivity contribution < 1.29 is 52.4 Å². The van der Waals surface area contributed by atoms with Crippen LogP contribution in [0.5, 0.6) is 0 Å². The third-order valence-electron chi connectivity index (χ3n) is 11.6. The van der Waals surface area contributed by atoms with E-state index in [4.69, 9.17) is 28.4 Å². The largest absolute Gasteiger partial charge is 0.463 e. The smallest absolute Gasteiger partial charge is 0.303 e. The molecule has 4 saturated carbocycles. The van der Waals surface area contributed by atoms with Crippen molar-refractivity contribution in [3.63, 3.8) is 0 Å². The lowest BCUT2D eigenvalue weighted by atomic mass is 9.45. The molecule has 0 N–H and O–H groups in total. The number of fused-ring (bicyclic) bond motifs is 5. The van der Waals surface area contributed by atoms with Crippen molar-refractivity contribution in [3.8, 4) is 0 Å². The van der Waals surface area contributed by atoms with Crippen molar-refractivity contribution in [1.82, 2.24) is 0 Å². The second-order valence-corrected chi connectivity index (χ2v) is 14.2. The van der Waals surface area contributed by atoms with Crippen molar-refractivity contribution in [2.45, 2.75) is 136 Å². The van der Waals surface area contributed by atoms with Gasteiger partial charge in [-0.2, -0.15) is 0 Å². The van der Waals surface area contributed by atoms with Gasteiger partial charge in [-0.3, -0.25) is 24.0 Å². The van der Waals surface area contributed by atoms with Crippen LogP contribution >= 0.6 is 0 Å². The van der Waals surface area contributed by atoms with Crippen LogP contribution in [0.25, 0.3) is 0 Å². The van der Waals surface area contributed by atoms with Gasteiger partial charge in [0.1, 0.15) is 18.5 Å². The summed E-state index contributed by atoms with van der Waals surface area (Å²) < 4.78 is 34.6. The second-order valence-electron chi connectivity index (χ2n) is 14.2. The quantitative estimate of drug-likeness (QED) is 0.231. The summed E-state index contributed by atoms with van der Waals surface area (Å²) in [6.45, 7) is 9.22. The van der Waals surface area contributed by atoms with Crippen LogP contribution < -0.4 is 0 Å². The van der Waals surface area contributed by atoms with Crippen molar-refractivity contribution >= 4 is 29.7 Å². The predicted octanol–water partition coefficient (Wildman–Crippen LogP) is 4.07. The fraction of sp³-hybridized carbons (Fsp3) is 0.848. The van der Waals surface area contributed by atoms with Crippen LogP contribution in [0, 0.1) is 34.5 Å². The summed E-state index contributed by atoms with van der Waals surface area (Å²) in [6.07, 6.45) is 2.46. The number of esters is 4. The van der Waals surface area contributed by atoms with Crippen molar-refractivity contribution in [1.29, 1.82) is 0 Å². The van der Waals surface area contributed by atoms with Crippen LogP contribution in [-0.4, -0.2) is 73.1 Å². The van der Waals surface area contributed by atoms with E-state index in [9.17, 15) is 24.0 Å². The molecule has 0 amide bonds. The molecule has 0 aromatic carbocycles. The lowest BCUT2D eigenvalue weighted by molar-refractivity contribution is -0.321. The molecule has 11 nitrogen and oxygen atoms in total. The highest BCUT2D eigenvalue weighted by Crippen LogP contribution is 2.65. The van der Waals surface area contributed by atoms with Crippen LogP contribution in [0.15, 0.2) is 0 Å². The number of Topliss-reactive ketones (excluding diaryl/α,β-unsaturated/α-hetero) is 1. The number of carbonyl (C=O) groups is 5. The molecule has 5 rings (SSSR count). The van der Waals surface area contributed by atoms with Gasteiger partial charge in [0, 0.05) is 39.5 Å². The predicted molar refractivity (Wildman–Crippen MR) is 154 cm³/mol. The summed E-state index contributed by atoms with van der Waals surface area (Å²) in [5.41, 5.74) is -0.00315. The molecule has 4 aliphatic carbocycles. The molecule has 1 saturated heterocycles. The van der Waals surface area contributed by atoms with E-state index < -0.39 is 54.6 Å². The first-order chi connectivity index (χ1) is 20.7. The maximum absolute atomic E-state index is 12.8. The molecular formula is C33H48O11. The van der Waals surface area contributed by atoms with E-state index in [0.717, 1.165) is 57.8 Å². The van der Waals surface area contributed by atoms with Gasteiger partial charge in [0.25, 0.3) is 0 Å². The Morgan fingerprint density at radius 1 is 0.773 bits per heavy atom. The number of hydrogen-bond donors (Lipinski definition) is 0. The maximum atomic E-state index is 12.8. The lowest BCUT2D eigenvalue weighted by Crippen LogP contribution is -2.63. The minimum absolute atomic E-state index is 0.150. The van der Waals surface area contributed by atoms with E-state index in [2.05, 4.69) is 13.8 Å². The first-order valence-electron chi connectivity index (χ1n) is 16.2. The van der Waals surface area contributed by atoms with Gasteiger partial charge in [-0.15, -0.1) is 0 Å². The highest BCUT2D eigenvalue weighted by molar-refractivity contribution is 5.87. The van der Waals surface area contributed by atoms with Crippen molar-refractivity contribution in [2.24, 2.45) is 34.5 Å². The third kappa shape index (κ3) is 6.28. The Labute approximate surface area is 259 Å². The molecule has 12 atom stereocenters. The summed E-state index contributed by atoms with van der Waals surface area (Å²) >= 11 is 0. The number of carbonyl (C=O) groups excluding carboxylic acids is 5. The van der Waals surface area contributed by atoms with E-state index in [1.165, 1.54) is 27.7 Å². The van der Waals surface area contributed by atoms with Gasteiger partial charge in [-0.25, -0.2) is 0 Å². The summed E-state index contributed by atoms with van der Waals surface area (Å²) in [5.74, 6) is -0.0244. The normalized spacial score (nSPS) is 43.1. The molecular weight excluding hydrogens is 572 g/mol. The molecule has 0 aromatic rings. The molecule has 0 aromatic heterocycles. The van der Waals surface area contributed by atoms with E-state index in [0.29, 0.717) is 29.5 Å². The van der Waals surface area contributed by atoms with Gasteiger partial charge in [-0.1, -0.05) is 13.8 Å². The maximum Gasteiger partial charge on any atom is 0.303 e. The standard InChI is InChI=1S/C33H48O11/c1-17(34)39-16-26-28(40-18(2)35)29(41-19(3)36)30(42-20(4)37)31(44-26)43-22-11-13-32(5)21(15-22)7-8-23-24-9-10-27(38)33(24,6)14-12-25(23)32/h21-26,28-31H,7-16H2,1-6H3/t21-,22?,23?,24?,25?,26+,28+,29-,30+,31+,32?,33?/m0/s1. The number of hydrogen-bond acceptors (Lipinski definition) is 11. The van der Waals surface area contributed by atoms with E-state index in [-0.39, 0.29) is 23.5 Å². The van der Waals surface area contributed by atoms with Crippen LogP contribution in [-0.2, 0) is 52.4 Å². The van der Waals surface area contributed by atoms with Crippen molar-refractivity contribution in [3.05, 3.63) is 0 Å². The number of rotatable bonds is 7. The molecule has 6 unspecified atom stereocenters. The van der Waals surface area contributed by atoms with Gasteiger partial charge in [0.2, 0.25) is 0 Å². The zero-order valence-corrected chi connectivity index (χ0v) is 26.8. The number of ketones is 1. The highest BCUT2D eigenvalue weighted by atomic mass is 16.7. The SMILES string of the molecule is CC(=O)OC[C@H]1O[C@@H](OC2CCC3(C)C4CCC5(C)C(=O)CCC5C4CC[C@H]3C2)[C@H](OC(C)=O)[C@@H](OC(C)=O)[C@@H]1OC(C)=O. The monoisotopic (exact) mass is 620 g/mol. The van der Waals surface area contributed by atoms with Gasteiger partial charge < -0.3 is 28.4 Å². The molecule has 11 heteroatoms. The molecule has 0 spiro atoms. The van der Waals surface area contributed by atoms with Crippen LogP contribution in [0.2, 0.25) is 0 Å². The average molecular weight is 621 g/mol. The fourth-order valence-electron chi connectivity index (χ4n) is 9.60. The minimum atomic E-state index is -1.24. The van der Waals surface area contributed by atoms with Gasteiger partial charge in [0.15, 0.2) is 24.6 Å². The molecule has 5 fully saturated rings. The summed E-state index contributed by atoms with van der Waals surface area (Å²) in [4.78, 5) is 60.9. The zero-order valence-electron chi connectivity index (χ0n) is 26.8. The Morgan fingerprint density at radius 3 is 2.09 bits per heavy atom. The van der Waals surface area contributed by atoms with Crippen molar-refractivity contribution in [2.75, 3.05) is 6.61 Å². The molecule has 0 bridgehead atoms. The molecule has 246 valence electrons. The van der Waals surface area contributed by atoms with Crippen LogP contribution in [0.3, 0.4) is 0 Å². The Kier molecular flexibility index (Phi) is 9.48. The molecule has 44 heavy (non-hydrogen) atoms. The van der Waals surface area contributed by atoms with Gasteiger partial charge >= 0.3 is 23.9 Å². The second kappa shape index (κ2) is 12.7.